The molecule has 0 spiro atoms. The summed E-state index contributed by atoms with van der Waals surface area (Å²) < 4.78 is 33.2. The first-order valence-corrected chi connectivity index (χ1v) is 9.84. The zero-order valence-electron chi connectivity index (χ0n) is 13.6. The van der Waals surface area contributed by atoms with E-state index >= 15 is 0 Å². The van der Waals surface area contributed by atoms with E-state index in [0.717, 1.165) is 5.56 Å². The Bertz CT molecular complexity index is 1120. The number of imidazole rings is 1. The van der Waals surface area contributed by atoms with Gasteiger partial charge >= 0.3 is 5.69 Å². The van der Waals surface area contributed by atoms with Gasteiger partial charge in [-0.3, -0.25) is 0 Å². The molecule has 1 aromatic heterocycles. The standard InChI is InChI=1S/C17H16ClN3O4S/c18-12-3-1-2-11(8-12)16-10-21(6-7-25-16)26(23,24)13-4-5-14-15(9-13)20-17(22)19-14/h1-5,8-9,16H,6-7,10H2,(H2,19,20,22). The number of morpholine rings is 1. The number of hydrogen-bond donors (Lipinski definition) is 2. The monoisotopic (exact) mass is 393 g/mol. The normalized spacial score (nSPS) is 19.0. The molecule has 2 heterocycles. The minimum atomic E-state index is -3.71. The van der Waals surface area contributed by atoms with Gasteiger partial charge in [0.25, 0.3) is 0 Å². The molecule has 1 saturated heterocycles. The molecule has 0 radical (unpaired) electrons. The van der Waals surface area contributed by atoms with Crippen molar-refractivity contribution in [1.29, 1.82) is 0 Å². The van der Waals surface area contributed by atoms with E-state index in [1.807, 2.05) is 12.1 Å². The molecule has 1 fully saturated rings. The van der Waals surface area contributed by atoms with E-state index in [1.54, 1.807) is 18.2 Å². The van der Waals surface area contributed by atoms with Crippen LogP contribution >= 0.6 is 11.6 Å². The summed E-state index contributed by atoms with van der Waals surface area (Å²) in [5.41, 5.74) is 1.48. The molecule has 3 aromatic rings. The largest absolute Gasteiger partial charge is 0.371 e. The Hall–Kier alpha value is -2.13. The molecule has 2 N–H and O–H groups in total. The van der Waals surface area contributed by atoms with Crippen molar-refractivity contribution in [3.63, 3.8) is 0 Å². The van der Waals surface area contributed by atoms with Gasteiger partial charge in [-0.15, -0.1) is 0 Å². The third-order valence-corrected chi connectivity index (χ3v) is 6.47. The molecular weight excluding hydrogens is 378 g/mol. The van der Waals surface area contributed by atoms with E-state index in [2.05, 4.69) is 9.97 Å². The number of aromatic nitrogens is 2. The summed E-state index contributed by atoms with van der Waals surface area (Å²) in [4.78, 5) is 16.7. The topological polar surface area (TPSA) is 95.3 Å². The molecule has 26 heavy (non-hydrogen) atoms. The van der Waals surface area contributed by atoms with Crippen LogP contribution in [0.4, 0.5) is 0 Å². The fourth-order valence-corrected chi connectivity index (χ4v) is 4.72. The molecule has 0 aliphatic carbocycles. The molecular formula is C17H16ClN3O4S. The lowest BCUT2D eigenvalue weighted by Gasteiger charge is -2.32. The van der Waals surface area contributed by atoms with Gasteiger partial charge in [0.2, 0.25) is 10.0 Å². The van der Waals surface area contributed by atoms with Crippen LogP contribution in [0.1, 0.15) is 11.7 Å². The third kappa shape index (κ3) is 3.16. The molecule has 1 aliphatic heterocycles. The number of sulfonamides is 1. The van der Waals surface area contributed by atoms with Crippen molar-refractivity contribution >= 4 is 32.7 Å². The van der Waals surface area contributed by atoms with Gasteiger partial charge in [-0.05, 0) is 35.9 Å². The number of halogens is 1. The number of ether oxygens (including phenoxy) is 1. The van der Waals surface area contributed by atoms with Crippen molar-refractivity contribution in [3.8, 4) is 0 Å². The lowest BCUT2D eigenvalue weighted by molar-refractivity contribution is -0.00254. The van der Waals surface area contributed by atoms with Crippen LogP contribution in [0.5, 0.6) is 0 Å². The summed E-state index contributed by atoms with van der Waals surface area (Å²) in [6, 6.07) is 11.7. The first-order valence-electron chi connectivity index (χ1n) is 8.03. The van der Waals surface area contributed by atoms with E-state index in [1.165, 1.54) is 16.4 Å². The number of H-pyrrole nitrogens is 2. The number of benzene rings is 2. The minimum Gasteiger partial charge on any atom is -0.371 e. The molecule has 0 bridgehead atoms. The van der Waals surface area contributed by atoms with Gasteiger partial charge < -0.3 is 14.7 Å². The number of hydrogen-bond acceptors (Lipinski definition) is 4. The van der Waals surface area contributed by atoms with E-state index in [9.17, 15) is 13.2 Å². The van der Waals surface area contributed by atoms with E-state index in [4.69, 9.17) is 16.3 Å². The van der Waals surface area contributed by atoms with Gasteiger partial charge in [0.05, 0.1) is 28.6 Å². The fraction of sp³-hybridized carbons (Fsp3) is 0.235. The summed E-state index contributed by atoms with van der Waals surface area (Å²) >= 11 is 6.02. The molecule has 9 heteroatoms. The van der Waals surface area contributed by atoms with Gasteiger partial charge in [-0.1, -0.05) is 23.7 Å². The maximum absolute atomic E-state index is 13.0. The Labute approximate surface area is 154 Å². The smallest absolute Gasteiger partial charge is 0.323 e. The van der Waals surface area contributed by atoms with Gasteiger partial charge in [-0.25, -0.2) is 13.2 Å². The Kier molecular flexibility index (Phi) is 4.36. The highest BCUT2D eigenvalue weighted by Crippen LogP contribution is 2.28. The van der Waals surface area contributed by atoms with Crippen LogP contribution in [-0.4, -0.2) is 42.4 Å². The van der Waals surface area contributed by atoms with Crippen molar-refractivity contribution in [2.75, 3.05) is 19.7 Å². The van der Waals surface area contributed by atoms with Crippen molar-refractivity contribution < 1.29 is 13.2 Å². The van der Waals surface area contributed by atoms with Crippen molar-refractivity contribution in [2.45, 2.75) is 11.0 Å². The number of nitrogens with one attached hydrogen (secondary N) is 2. The highest BCUT2D eigenvalue weighted by atomic mass is 35.5. The van der Waals surface area contributed by atoms with Crippen molar-refractivity contribution in [2.24, 2.45) is 0 Å². The average molecular weight is 394 g/mol. The summed E-state index contributed by atoms with van der Waals surface area (Å²) in [6.45, 7) is 0.755. The summed E-state index contributed by atoms with van der Waals surface area (Å²) in [6.07, 6.45) is -0.381. The van der Waals surface area contributed by atoms with Crippen LogP contribution in [-0.2, 0) is 14.8 Å². The third-order valence-electron chi connectivity index (χ3n) is 4.37. The molecule has 1 unspecified atom stereocenters. The maximum atomic E-state index is 13.0. The highest BCUT2D eigenvalue weighted by Gasteiger charge is 2.31. The minimum absolute atomic E-state index is 0.131. The van der Waals surface area contributed by atoms with Crippen molar-refractivity contribution in [1.82, 2.24) is 14.3 Å². The molecule has 136 valence electrons. The molecule has 2 aromatic carbocycles. The van der Waals surface area contributed by atoms with Crippen LogP contribution in [0.3, 0.4) is 0 Å². The number of nitrogens with zero attached hydrogens (tertiary/aromatic N) is 1. The van der Waals surface area contributed by atoms with Gasteiger partial charge in [0, 0.05) is 18.1 Å². The molecule has 1 atom stereocenters. The molecule has 7 nitrogen and oxygen atoms in total. The Balaban J connectivity index is 1.64. The molecule has 1 aliphatic rings. The van der Waals surface area contributed by atoms with Crippen LogP contribution in [0.2, 0.25) is 5.02 Å². The fourth-order valence-electron chi connectivity index (χ4n) is 3.07. The highest BCUT2D eigenvalue weighted by molar-refractivity contribution is 7.89. The lowest BCUT2D eigenvalue weighted by Crippen LogP contribution is -2.42. The second kappa shape index (κ2) is 6.55. The molecule has 4 rings (SSSR count). The van der Waals surface area contributed by atoms with Gasteiger partial charge in [-0.2, -0.15) is 4.31 Å². The molecule has 0 amide bonds. The second-order valence-electron chi connectivity index (χ2n) is 6.06. The van der Waals surface area contributed by atoms with Crippen LogP contribution < -0.4 is 5.69 Å². The predicted molar refractivity (Wildman–Crippen MR) is 97.8 cm³/mol. The Morgan fingerprint density at radius 2 is 1.92 bits per heavy atom. The first kappa shape index (κ1) is 17.3. The van der Waals surface area contributed by atoms with Crippen LogP contribution in [0.15, 0.2) is 52.2 Å². The second-order valence-corrected chi connectivity index (χ2v) is 8.44. The summed E-state index contributed by atoms with van der Waals surface area (Å²) in [5, 5.41) is 0.577. The summed E-state index contributed by atoms with van der Waals surface area (Å²) in [7, 11) is -3.71. The summed E-state index contributed by atoms with van der Waals surface area (Å²) in [5.74, 6) is 0. The quantitative estimate of drug-likeness (QED) is 0.713. The van der Waals surface area contributed by atoms with Gasteiger partial charge in [0.1, 0.15) is 0 Å². The SMILES string of the molecule is O=c1[nH]c2ccc(S(=O)(=O)N3CCOC(c4cccc(Cl)c4)C3)cc2[nH]1. The van der Waals surface area contributed by atoms with Crippen LogP contribution in [0.25, 0.3) is 11.0 Å². The number of fused-ring (bicyclic) bond motifs is 1. The zero-order chi connectivity index (χ0) is 18.3. The maximum Gasteiger partial charge on any atom is 0.323 e. The number of rotatable bonds is 3. The Morgan fingerprint density at radius 3 is 2.73 bits per heavy atom. The number of aromatic amines is 2. The lowest BCUT2D eigenvalue weighted by atomic mass is 10.1. The van der Waals surface area contributed by atoms with Gasteiger partial charge in [0.15, 0.2) is 0 Å². The van der Waals surface area contributed by atoms with E-state index in [0.29, 0.717) is 22.7 Å². The van der Waals surface area contributed by atoms with Crippen LogP contribution in [0, 0.1) is 0 Å². The van der Waals surface area contributed by atoms with E-state index < -0.39 is 10.0 Å². The molecule has 0 saturated carbocycles. The Morgan fingerprint density at radius 1 is 1.12 bits per heavy atom. The van der Waals surface area contributed by atoms with E-state index in [-0.39, 0.29) is 29.8 Å². The first-order chi connectivity index (χ1) is 12.4. The predicted octanol–water partition coefficient (Wildman–Crippen LogP) is 2.27. The average Bonchev–Trinajstić information content (AvgIpc) is 3.01. The van der Waals surface area contributed by atoms with Crippen molar-refractivity contribution in [3.05, 3.63) is 63.5 Å². The zero-order valence-corrected chi connectivity index (χ0v) is 15.2.